The molecule has 32 heavy (non-hydrogen) atoms. The minimum Gasteiger partial charge on any atom is -0.491 e. The monoisotopic (exact) mass is 443 g/mol. The summed E-state index contributed by atoms with van der Waals surface area (Å²) in [5.74, 6) is -0.860. The second-order valence-electron chi connectivity index (χ2n) is 7.29. The van der Waals surface area contributed by atoms with Gasteiger partial charge in [-0.1, -0.05) is 0 Å². The van der Waals surface area contributed by atoms with Crippen molar-refractivity contribution in [3.63, 3.8) is 0 Å². The van der Waals surface area contributed by atoms with Gasteiger partial charge >= 0.3 is 6.61 Å². The highest BCUT2D eigenvalue weighted by atomic mass is 19.3. The number of hydrogen-bond acceptors (Lipinski definition) is 6. The molecule has 0 spiro atoms. The van der Waals surface area contributed by atoms with E-state index in [9.17, 15) is 18.0 Å². The fraction of sp³-hybridized carbons (Fsp3) is 0.190. The Balaban J connectivity index is 1.50. The van der Waals surface area contributed by atoms with E-state index in [1.165, 1.54) is 42.7 Å². The van der Waals surface area contributed by atoms with E-state index in [2.05, 4.69) is 14.7 Å². The van der Waals surface area contributed by atoms with Gasteiger partial charge in [-0.05, 0) is 18.2 Å². The van der Waals surface area contributed by atoms with Crippen molar-refractivity contribution < 1.29 is 27.4 Å². The lowest BCUT2D eigenvalue weighted by Crippen LogP contribution is -2.32. The molecule has 0 unspecified atom stereocenters. The third kappa shape index (κ3) is 3.13. The van der Waals surface area contributed by atoms with Crippen molar-refractivity contribution in [3.8, 4) is 11.5 Å². The number of hydrogen-bond donors (Lipinski definition) is 1. The first-order valence-corrected chi connectivity index (χ1v) is 9.53. The molecule has 1 aliphatic rings. The highest BCUT2D eigenvalue weighted by Crippen LogP contribution is 2.39. The molecule has 0 fully saturated rings. The number of nitrogen functional groups attached to an aromatic ring is 1. The van der Waals surface area contributed by atoms with E-state index in [0.29, 0.717) is 22.3 Å². The lowest BCUT2D eigenvalue weighted by molar-refractivity contribution is -0.0499. The standard InChI is InChI=1S/C21H16F3N5O3/c1-28(17-8-31-18-4-10(32-21(23)24)2-3-11(17)18)20(30)12-5-15-14(6-13(12)22)27-19(25)16-7-26-9-29(15)16/h2-7,9,17,21H,8H2,1H3,(H2,25,27)/t17-/m0/s1. The van der Waals surface area contributed by atoms with Gasteiger partial charge < -0.3 is 20.1 Å². The molecule has 5 rings (SSSR count). The van der Waals surface area contributed by atoms with Gasteiger partial charge in [0.15, 0.2) is 0 Å². The van der Waals surface area contributed by atoms with Gasteiger partial charge in [-0.2, -0.15) is 8.78 Å². The van der Waals surface area contributed by atoms with E-state index >= 15 is 0 Å². The molecule has 0 aliphatic carbocycles. The van der Waals surface area contributed by atoms with Crippen molar-refractivity contribution in [2.24, 2.45) is 0 Å². The van der Waals surface area contributed by atoms with Crippen LogP contribution < -0.4 is 15.2 Å². The Morgan fingerprint density at radius 1 is 1.31 bits per heavy atom. The highest BCUT2D eigenvalue weighted by molar-refractivity contribution is 5.98. The van der Waals surface area contributed by atoms with Crippen molar-refractivity contribution in [2.45, 2.75) is 12.7 Å². The summed E-state index contributed by atoms with van der Waals surface area (Å²) in [4.78, 5) is 22.8. The Labute approximate surface area is 179 Å². The van der Waals surface area contributed by atoms with Crippen molar-refractivity contribution in [3.05, 3.63) is 59.8 Å². The molecule has 2 N–H and O–H groups in total. The van der Waals surface area contributed by atoms with E-state index in [-0.39, 0.29) is 29.3 Å². The van der Waals surface area contributed by atoms with Crippen molar-refractivity contribution in [2.75, 3.05) is 19.4 Å². The van der Waals surface area contributed by atoms with E-state index in [1.807, 2.05) is 0 Å². The van der Waals surface area contributed by atoms with Crippen LogP contribution in [0.4, 0.5) is 19.0 Å². The van der Waals surface area contributed by atoms with Crippen LogP contribution in [0, 0.1) is 5.82 Å². The maximum atomic E-state index is 14.9. The molecule has 2 aromatic heterocycles. The third-order valence-electron chi connectivity index (χ3n) is 5.45. The number of rotatable bonds is 4. The molecule has 1 atom stereocenters. The zero-order valence-corrected chi connectivity index (χ0v) is 16.6. The van der Waals surface area contributed by atoms with Crippen LogP contribution in [0.25, 0.3) is 16.6 Å². The molecule has 1 aliphatic heterocycles. The molecule has 0 saturated carbocycles. The van der Waals surface area contributed by atoms with Crippen molar-refractivity contribution >= 4 is 28.3 Å². The third-order valence-corrected chi connectivity index (χ3v) is 5.45. The molecule has 4 aromatic rings. The van der Waals surface area contributed by atoms with E-state index in [1.54, 1.807) is 10.5 Å². The van der Waals surface area contributed by atoms with Crippen LogP contribution in [0.2, 0.25) is 0 Å². The van der Waals surface area contributed by atoms with Gasteiger partial charge in [0.25, 0.3) is 5.91 Å². The number of imidazole rings is 1. The largest absolute Gasteiger partial charge is 0.491 e. The first-order chi connectivity index (χ1) is 15.3. The van der Waals surface area contributed by atoms with Gasteiger partial charge in [-0.15, -0.1) is 0 Å². The molecule has 0 bridgehead atoms. The number of carbonyl (C=O) groups is 1. The number of alkyl halides is 2. The number of amides is 1. The zero-order valence-electron chi connectivity index (χ0n) is 16.6. The Bertz CT molecular complexity index is 1370. The lowest BCUT2D eigenvalue weighted by atomic mass is 10.1. The fourth-order valence-electron chi connectivity index (χ4n) is 3.86. The second kappa shape index (κ2) is 7.29. The predicted octanol–water partition coefficient (Wildman–Crippen LogP) is 3.41. The summed E-state index contributed by atoms with van der Waals surface area (Å²) in [5.41, 5.74) is 7.64. The zero-order chi connectivity index (χ0) is 22.6. The molecule has 3 heterocycles. The number of nitrogens with zero attached hydrogens (tertiary/aromatic N) is 4. The van der Waals surface area contributed by atoms with E-state index in [4.69, 9.17) is 10.5 Å². The summed E-state index contributed by atoms with van der Waals surface area (Å²) < 4.78 is 51.3. The maximum Gasteiger partial charge on any atom is 0.387 e. The number of ether oxygens (including phenoxy) is 2. The number of anilines is 1. The normalized spacial score (nSPS) is 15.2. The van der Waals surface area contributed by atoms with Crippen LogP contribution in [-0.2, 0) is 0 Å². The van der Waals surface area contributed by atoms with Crippen LogP contribution in [0.3, 0.4) is 0 Å². The molecule has 0 radical (unpaired) electrons. The molecular formula is C21H16F3N5O3. The quantitative estimate of drug-likeness (QED) is 0.520. The number of aromatic nitrogens is 3. The fourth-order valence-corrected chi connectivity index (χ4v) is 3.86. The Morgan fingerprint density at radius 3 is 2.91 bits per heavy atom. The van der Waals surface area contributed by atoms with Gasteiger partial charge in [0.2, 0.25) is 0 Å². The molecule has 11 heteroatoms. The molecule has 164 valence electrons. The summed E-state index contributed by atoms with van der Waals surface area (Å²) in [5, 5.41) is 0. The van der Waals surface area contributed by atoms with Gasteiger partial charge in [0.05, 0.1) is 35.2 Å². The average molecular weight is 443 g/mol. The maximum absolute atomic E-state index is 14.9. The first kappa shape index (κ1) is 19.9. The SMILES string of the molecule is CN(C(=O)c1cc2c(cc1F)nc(N)c1cncn12)[C@H]1COc2cc(OC(F)F)ccc21. The average Bonchev–Trinajstić information content (AvgIpc) is 3.39. The van der Waals surface area contributed by atoms with Crippen LogP contribution in [0.5, 0.6) is 11.5 Å². The van der Waals surface area contributed by atoms with Gasteiger partial charge in [0, 0.05) is 24.7 Å². The summed E-state index contributed by atoms with van der Waals surface area (Å²) in [7, 11) is 1.52. The van der Waals surface area contributed by atoms with Gasteiger partial charge in [0.1, 0.15) is 35.3 Å². The Kier molecular flexibility index (Phi) is 4.54. The number of fused-ring (bicyclic) bond motifs is 4. The highest BCUT2D eigenvalue weighted by Gasteiger charge is 2.32. The molecule has 8 nitrogen and oxygen atoms in total. The van der Waals surface area contributed by atoms with Gasteiger partial charge in [-0.25, -0.2) is 14.4 Å². The van der Waals surface area contributed by atoms with Crippen molar-refractivity contribution in [1.82, 2.24) is 19.3 Å². The Morgan fingerprint density at radius 2 is 2.12 bits per heavy atom. The summed E-state index contributed by atoms with van der Waals surface area (Å²) in [6.07, 6.45) is 3.03. The lowest BCUT2D eigenvalue weighted by Gasteiger charge is -2.24. The summed E-state index contributed by atoms with van der Waals surface area (Å²) in [6.45, 7) is -2.87. The first-order valence-electron chi connectivity index (χ1n) is 9.53. The summed E-state index contributed by atoms with van der Waals surface area (Å²) in [6, 6.07) is 6.27. The Hall–Kier alpha value is -4.02. The molecule has 0 saturated heterocycles. The van der Waals surface area contributed by atoms with Crippen molar-refractivity contribution in [1.29, 1.82) is 0 Å². The molecular weight excluding hydrogens is 427 g/mol. The number of carbonyl (C=O) groups excluding carboxylic acids is 1. The number of likely N-dealkylation sites (N-methyl/N-ethyl adjacent to an activating group) is 1. The number of benzene rings is 2. The molecule has 2 aromatic carbocycles. The van der Waals surface area contributed by atoms with Crippen LogP contribution in [0.1, 0.15) is 22.0 Å². The van der Waals surface area contributed by atoms with Gasteiger partial charge in [-0.3, -0.25) is 9.20 Å². The van der Waals surface area contributed by atoms with Crippen LogP contribution >= 0.6 is 0 Å². The summed E-state index contributed by atoms with van der Waals surface area (Å²) >= 11 is 0. The smallest absolute Gasteiger partial charge is 0.387 e. The van der Waals surface area contributed by atoms with E-state index < -0.39 is 24.4 Å². The minimum atomic E-state index is -2.96. The minimum absolute atomic E-state index is 0.0509. The number of halogens is 3. The topological polar surface area (TPSA) is 95.0 Å². The molecule has 1 amide bonds. The number of nitrogens with two attached hydrogens (primary N) is 1. The second-order valence-corrected chi connectivity index (χ2v) is 7.29. The van der Waals surface area contributed by atoms with Crippen LogP contribution in [-0.4, -0.2) is 45.4 Å². The predicted molar refractivity (Wildman–Crippen MR) is 108 cm³/mol. The van der Waals surface area contributed by atoms with E-state index in [0.717, 1.165) is 6.07 Å². The van der Waals surface area contributed by atoms with Crippen LogP contribution in [0.15, 0.2) is 42.9 Å².